The molecule has 1 aliphatic rings. The summed E-state index contributed by atoms with van der Waals surface area (Å²) < 4.78 is 0. The van der Waals surface area contributed by atoms with Crippen molar-refractivity contribution in [2.24, 2.45) is 0 Å². The van der Waals surface area contributed by atoms with Crippen LogP contribution in [0.3, 0.4) is 0 Å². The highest BCUT2D eigenvalue weighted by Crippen LogP contribution is 2.16. The van der Waals surface area contributed by atoms with Crippen molar-refractivity contribution in [1.29, 1.82) is 0 Å². The molecule has 1 aromatic carbocycles. The molecule has 1 aliphatic heterocycles. The molecular formula is C21H27N5O2. The van der Waals surface area contributed by atoms with Gasteiger partial charge in [-0.25, -0.2) is 4.98 Å². The number of benzene rings is 1. The van der Waals surface area contributed by atoms with E-state index in [1.54, 1.807) is 23.1 Å². The minimum atomic E-state index is -0.259. The summed E-state index contributed by atoms with van der Waals surface area (Å²) in [6.45, 7) is 4.10. The van der Waals surface area contributed by atoms with Gasteiger partial charge in [-0.1, -0.05) is 24.3 Å². The SMILES string of the molecule is CN(C)CCNC(=O)c1cccc(C(=O)N2CCN(c3ccccc3)CC2)n1. The number of amides is 2. The van der Waals surface area contributed by atoms with Crippen molar-refractivity contribution in [2.75, 3.05) is 58.3 Å². The van der Waals surface area contributed by atoms with Gasteiger partial charge < -0.3 is 20.0 Å². The molecule has 1 aromatic heterocycles. The van der Waals surface area contributed by atoms with E-state index < -0.39 is 0 Å². The van der Waals surface area contributed by atoms with E-state index in [4.69, 9.17) is 0 Å². The lowest BCUT2D eigenvalue weighted by Gasteiger charge is -2.36. The van der Waals surface area contributed by atoms with E-state index >= 15 is 0 Å². The number of hydrogen-bond donors (Lipinski definition) is 1. The predicted octanol–water partition coefficient (Wildman–Crippen LogP) is 1.34. The standard InChI is InChI=1S/C21H27N5O2/c1-24(2)12-11-22-20(27)18-9-6-10-19(23-18)21(28)26-15-13-25(14-16-26)17-7-4-3-5-8-17/h3-10H,11-16H2,1-2H3,(H,22,27). The smallest absolute Gasteiger partial charge is 0.272 e. The van der Waals surface area contributed by atoms with Crippen molar-refractivity contribution < 1.29 is 9.59 Å². The lowest BCUT2D eigenvalue weighted by Crippen LogP contribution is -2.49. The van der Waals surface area contributed by atoms with E-state index in [1.165, 1.54) is 5.69 Å². The minimum absolute atomic E-state index is 0.129. The van der Waals surface area contributed by atoms with Crippen LogP contribution in [0.2, 0.25) is 0 Å². The Morgan fingerprint density at radius 2 is 1.64 bits per heavy atom. The molecule has 1 fully saturated rings. The molecule has 1 N–H and O–H groups in total. The van der Waals surface area contributed by atoms with Crippen LogP contribution in [0.5, 0.6) is 0 Å². The molecule has 0 atom stereocenters. The van der Waals surface area contributed by atoms with Crippen LogP contribution in [0.15, 0.2) is 48.5 Å². The molecule has 3 rings (SSSR count). The second-order valence-electron chi connectivity index (χ2n) is 7.08. The summed E-state index contributed by atoms with van der Waals surface area (Å²) in [7, 11) is 3.89. The number of likely N-dealkylation sites (N-methyl/N-ethyl adjacent to an activating group) is 1. The van der Waals surface area contributed by atoms with E-state index in [9.17, 15) is 9.59 Å². The molecule has 1 saturated heterocycles. The summed E-state index contributed by atoms with van der Waals surface area (Å²) in [6.07, 6.45) is 0. The summed E-state index contributed by atoms with van der Waals surface area (Å²) in [4.78, 5) is 35.4. The fourth-order valence-corrected chi connectivity index (χ4v) is 3.13. The van der Waals surface area contributed by atoms with Gasteiger partial charge in [0.1, 0.15) is 11.4 Å². The Bertz CT molecular complexity index is 801. The van der Waals surface area contributed by atoms with Crippen molar-refractivity contribution in [3.8, 4) is 0 Å². The Hall–Kier alpha value is -2.93. The number of rotatable bonds is 6. The Morgan fingerprint density at radius 1 is 0.964 bits per heavy atom. The molecule has 7 heteroatoms. The van der Waals surface area contributed by atoms with E-state index in [0.29, 0.717) is 25.3 Å². The first-order valence-electron chi connectivity index (χ1n) is 9.54. The molecular weight excluding hydrogens is 354 g/mol. The third-order valence-corrected chi connectivity index (χ3v) is 4.73. The summed E-state index contributed by atoms with van der Waals surface area (Å²) in [5, 5.41) is 2.83. The number of nitrogens with one attached hydrogen (secondary N) is 1. The molecule has 2 amide bonds. The number of nitrogens with zero attached hydrogens (tertiary/aromatic N) is 4. The van der Waals surface area contributed by atoms with E-state index in [0.717, 1.165) is 19.6 Å². The van der Waals surface area contributed by atoms with Crippen molar-refractivity contribution in [2.45, 2.75) is 0 Å². The van der Waals surface area contributed by atoms with Gasteiger partial charge in [0, 0.05) is 45.0 Å². The highest BCUT2D eigenvalue weighted by molar-refractivity contribution is 5.96. The zero-order chi connectivity index (χ0) is 19.9. The molecule has 0 aliphatic carbocycles. The normalized spacial score (nSPS) is 14.2. The number of para-hydroxylation sites is 1. The van der Waals surface area contributed by atoms with Crippen LogP contribution >= 0.6 is 0 Å². The third kappa shape index (κ3) is 5.07. The maximum absolute atomic E-state index is 12.8. The molecule has 0 spiro atoms. The molecule has 0 radical (unpaired) electrons. The van der Waals surface area contributed by atoms with Gasteiger partial charge in [-0.3, -0.25) is 9.59 Å². The zero-order valence-electron chi connectivity index (χ0n) is 16.5. The van der Waals surface area contributed by atoms with Gasteiger partial charge in [0.25, 0.3) is 11.8 Å². The van der Waals surface area contributed by atoms with Crippen LogP contribution in [0, 0.1) is 0 Å². The molecule has 148 valence electrons. The summed E-state index contributed by atoms with van der Waals surface area (Å²) >= 11 is 0. The first-order chi connectivity index (χ1) is 13.5. The number of hydrogen-bond acceptors (Lipinski definition) is 5. The fraction of sp³-hybridized carbons (Fsp3) is 0.381. The van der Waals surface area contributed by atoms with E-state index in [-0.39, 0.29) is 17.5 Å². The number of aromatic nitrogens is 1. The predicted molar refractivity (Wildman–Crippen MR) is 110 cm³/mol. The number of carbonyl (C=O) groups is 2. The Balaban J connectivity index is 1.58. The van der Waals surface area contributed by atoms with Gasteiger partial charge in [0.05, 0.1) is 0 Å². The third-order valence-electron chi connectivity index (χ3n) is 4.73. The maximum atomic E-state index is 12.8. The zero-order valence-corrected chi connectivity index (χ0v) is 16.5. The van der Waals surface area contributed by atoms with Crippen molar-refractivity contribution in [1.82, 2.24) is 20.1 Å². The summed E-state index contributed by atoms with van der Waals surface area (Å²) in [6, 6.07) is 15.2. The van der Waals surface area contributed by atoms with Gasteiger partial charge in [-0.2, -0.15) is 0 Å². The van der Waals surface area contributed by atoms with Crippen LogP contribution in [0.25, 0.3) is 0 Å². The van der Waals surface area contributed by atoms with Crippen LogP contribution in [0.1, 0.15) is 21.0 Å². The lowest BCUT2D eigenvalue weighted by molar-refractivity contribution is 0.0740. The Morgan fingerprint density at radius 3 is 2.32 bits per heavy atom. The average molecular weight is 381 g/mol. The number of anilines is 1. The fourth-order valence-electron chi connectivity index (χ4n) is 3.13. The van der Waals surface area contributed by atoms with Gasteiger partial charge in [0.15, 0.2) is 0 Å². The van der Waals surface area contributed by atoms with Gasteiger partial charge in [-0.15, -0.1) is 0 Å². The molecule has 0 saturated carbocycles. The van der Waals surface area contributed by atoms with E-state index in [1.807, 2.05) is 37.2 Å². The van der Waals surface area contributed by atoms with Crippen LogP contribution in [-0.2, 0) is 0 Å². The highest BCUT2D eigenvalue weighted by Gasteiger charge is 2.23. The van der Waals surface area contributed by atoms with Crippen LogP contribution in [0.4, 0.5) is 5.69 Å². The largest absolute Gasteiger partial charge is 0.368 e. The van der Waals surface area contributed by atoms with Crippen LogP contribution < -0.4 is 10.2 Å². The summed E-state index contributed by atoms with van der Waals surface area (Å²) in [5.41, 5.74) is 1.75. The van der Waals surface area contributed by atoms with Gasteiger partial charge in [-0.05, 0) is 38.4 Å². The average Bonchev–Trinajstić information content (AvgIpc) is 2.74. The summed E-state index contributed by atoms with van der Waals surface area (Å²) in [5.74, 6) is -0.388. The molecule has 2 aromatic rings. The first-order valence-corrected chi connectivity index (χ1v) is 9.54. The molecule has 0 bridgehead atoms. The number of carbonyl (C=O) groups excluding carboxylic acids is 2. The van der Waals surface area contributed by atoms with Gasteiger partial charge in [0.2, 0.25) is 0 Å². The highest BCUT2D eigenvalue weighted by atomic mass is 16.2. The van der Waals surface area contributed by atoms with Crippen molar-refractivity contribution in [3.05, 3.63) is 59.9 Å². The van der Waals surface area contributed by atoms with E-state index in [2.05, 4.69) is 27.3 Å². The molecule has 28 heavy (non-hydrogen) atoms. The quantitative estimate of drug-likeness (QED) is 0.818. The van der Waals surface area contributed by atoms with Crippen LogP contribution in [-0.4, -0.2) is 80.0 Å². The monoisotopic (exact) mass is 381 g/mol. The Kier molecular flexibility index (Phi) is 6.60. The van der Waals surface area contributed by atoms with Gasteiger partial charge >= 0.3 is 0 Å². The second-order valence-corrected chi connectivity index (χ2v) is 7.08. The topological polar surface area (TPSA) is 68.8 Å². The molecule has 7 nitrogen and oxygen atoms in total. The number of piperazine rings is 1. The lowest BCUT2D eigenvalue weighted by atomic mass is 10.2. The number of pyridine rings is 1. The Labute approximate surface area is 166 Å². The molecule has 2 heterocycles. The van der Waals surface area contributed by atoms with Crippen molar-refractivity contribution >= 4 is 17.5 Å². The second kappa shape index (κ2) is 9.32. The van der Waals surface area contributed by atoms with Crippen molar-refractivity contribution in [3.63, 3.8) is 0 Å². The molecule has 0 unspecified atom stereocenters. The minimum Gasteiger partial charge on any atom is -0.368 e. The maximum Gasteiger partial charge on any atom is 0.272 e. The first kappa shape index (κ1) is 19.8.